The van der Waals surface area contributed by atoms with Crippen molar-refractivity contribution in [3.63, 3.8) is 0 Å². The summed E-state index contributed by atoms with van der Waals surface area (Å²) in [6.45, 7) is 7.21. The first kappa shape index (κ1) is 11.6. The van der Waals surface area contributed by atoms with Gasteiger partial charge in [-0.05, 0) is 20.3 Å². The van der Waals surface area contributed by atoms with Gasteiger partial charge in [0.2, 0.25) is 0 Å². The molecule has 0 saturated heterocycles. The summed E-state index contributed by atoms with van der Waals surface area (Å²) in [6, 6.07) is 0. The molecule has 0 fully saturated rings. The Labute approximate surface area is 89.3 Å². The highest BCUT2D eigenvalue weighted by molar-refractivity contribution is 7.09. The summed E-state index contributed by atoms with van der Waals surface area (Å²) >= 11 is 1.63. The number of hydrogen-bond donors (Lipinski definition) is 1. The first-order chi connectivity index (χ1) is 6.53. The molecule has 3 nitrogen and oxygen atoms in total. The molecule has 0 saturated carbocycles. The zero-order valence-corrected chi connectivity index (χ0v) is 9.86. The summed E-state index contributed by atoms with van der Waals surface area (Å²) in [6.07, 6.45) is 0.921. The third-order valence-corrected chi connectivity index (χ3v) is 3.07. The third-order valence-electron chi connectivity index (χ3n) is 2.13. The number of ether oxygens (including phenoxy) is 1. The van der Waals surface area contributed by atoms with Crippen LogP contribution in [0.25, 0.3) is 0 Å². The van der Waals surface area contributed by atoms with Gasteiger partial charge in [0.1, 0.15) is 5.01 Å². The fourth-order valence-corrected chi connectivity index (χ4v) is 1.65. The number of aryl methyl sites for hydroxylation is 1. The quantitative estimate of drug-likeness (QED) is 0.816. The van der Waals surface area contributed by atoms with Crippen LogP contribution < -0.4 is 5.73 Å². The molecule has 1 aromatic heterocycles. The third kappa shape index (κ3) is 3.74. The van der Waals surface area contributed by atoms with Gasteiger partial charge in [0.15, 0.2) is 0 Å². The summed E-state index contributed by atoms with van der Waals surface area (Å²) in [5.74, 6) is 0. The molecule has 1 aromatic rings. The molecule has 0 aliphatic heterocycles. The molecule has 0 spiro atoms. The van der Waals surface area contributed by atoms with Gasteiger partial charge in [0, 0.05) is 16.6 Å². The van der Waals surface area contributed by atoms with Gasteiger partial charge in [-0.25, -0.2) is 4.98 Å². The molecule has 1 unspecified atom stereocenters. The van der Waals surface area contributed by atoms with E-state index in [0.29, 0.717) is 13.2 Å². The fraction of sp³-hybridized carbons (Fsp3) is 0.700. The molecule has 0 bridgehead atoms. The Morgan fingerprint density at radius 2 is 2.36 bits per heavy atom. The van der Waals surface area contributed by atoms with E-state index in [4.69, 9.17) is 10.5 Å². The molecule has 0 aliphatic rings. The van der Waals surface area contributed by atoms with E-state index in [-0.39, 0.29) is 5.54 Å². The van der Waals surface area contributed by atoms with Crippen LogP contribution in [-0.4, -0.2) is 17.1 Å². The van der Waals surface area contributed by atoms with E-state index < -0.39 is 0 Å². The second-order valence-electron chi connectivity index (χ2n) is 3.88. The lowest BCUT2D eigenvalue weighted by atomic mass is 10.0. The Hall–Kier alpha value is -0.450. The molecule has 1 heterocycles. The van der Waals surface area contributed by atoms with Crippen molar-refractivity contribution in [3.05, 3.63) is 16.1 Å². The van der Waals surface area contributed by atoms with Crippen molar-refractivity contribution in [1.29, 1.82) is 0 Å². The van der Waals surface area contributed by atoms with Gasteiger partial charge in [0.05, 0.1) is 13.2 Å². The van der Waals surface area contributed by atoms with E-state index in [1.54, 1.807) is 11.3 Å². The number of nitrogens with two attached hydrogens (primary N) is 1. The molecule has 14 heavy (non-hydrogen) atoms. The Bertz CT molecular complexity index is 283. The Kier molecular flexibility index (Phi) is 4.04. The van der Waals surface area contributed by atoms with Crippen LogP contribution in [0.2, 0.25) is 0 Å². The van der Waals surface area contributed by atoms with E-state index in [1.165, 1.54) is 0 Å². The summed E-state index contributed by atoms with van der Waals surface area (Å²) in [7, 11) is 0. The van der Waals surface area contributed by atoms with Gasteiger partial charge < -0.3 is 10.5 Å². The van der Waals surface area contributed by atoms with Crippen LogP contribution in [0.1, 0.15) is 31.0 Å². The molecule has 1 rings (SSSR count). The lowest BCUT2D eigenvalue weighted by Gasteiger charge is -2.21. The molecule has 0 aromatic carbocycles. The van der Waals surface area contributed by atoms with Gasteiger partial charge >= 0.3 is 0 Å². The fourth-order valence-electron chi connectivity index (χ4n) is 0.943. The second-order valence-corrected chi connectivity index (χ2v) is 4.83. The second kappa shape index (κ2) is 4.87. The normalized spacial score (nSPS) is 15.4. The molecule has 0 aliphatic carbocycles. The minimum absolute atomic E-state index is 0.216. The Balaban J connectivity index is 2.28. The van der Waals surface area contributed by atoms with Crippen molar-refractivity contribution in [1.82, 2.24) is 4.98 Å². The Morgan fingerprint density at radius 1 is 1.64 bits per heavy atom. The maximum atomic E-state index is 5.94. The molecular weight excluding hydrogens is 196 g/mol. The first-order valence-corrected chi connectivity index (χ1v) is 5.69. The van der Waals surface area contributed by atoms with Crippen molar-refractivity contribution < 1.29 is 4.74 Å². The van der Waals surface area contributed by atoms with Crippen LogP contribution >= 0.6 is 11.3 Å². The van der Waals surface area contributed by atoms with Crippen molar-refractivity contribution in [3.8, 4) is 0 Å². The minimum Gasteiger partial charge on any atom is -0.372 e. The van der Waals surface area contributed by atoms with E-state index in [0.717, 1.165) is 17.1 Å². The van der Waals surface area contributed by atoms with E-state index in [9.17, 15) is 0 Å². The van der Waals surface area contributed by atoms with Crippen molar-refractivity contribution in [2.24, 2.45) is 5.73 Å². The lowest BCUT2D eigenvalue weighted by molar-refractivity contribution is 0.0776. The predicted octanol–water partition coefficient (Wildman–Crippen LogP) is 2.10. The van der Waals surface area contributed by atoms with Crippen LogP contribution in [0.15, 0.2) is 5.38 Å². The zero-order valence-electron chi connectivity index (χ0n) is 9.04. The SMILES string of the molecule is CCC(C)(N)COCc1nc(C)cs1. The number of rotatable bonds is 5. The minimum atomic E-state index is -0.216. The van der Waals surface area contributed by atoms with Crippen LogP contribution in [0, 0.1) is 6.92 Å². The average Bonchev–Trinajstić information content (AvgIpc) is 2.51. The van der Waals surface area contributed by atoms with Crippen molar-refractivity contribution in [2.75, 3.05) is 6.61 Å². The molecule has 80 valence electrons. The molecule has 0 amide bonds. The summed E-state index contributed by atoms with van der Waals surface area (Å²) < 4.78 is 5.51. The van der Waals surface area contributed by atoms with Crippen LogP contribution in [0.4, 0.5) is 0 Å². The maximum absolute atomic E-state index is 5.94. The van der Waals surface area contributed by atoms with Crippen LogP contribution in [0.5, 0.6) is 0 Å². The summed E-state index contributed by atoms with van der Waals surface area (Å²) in [4.78, 5) is 4.31. The molecule has 2 N–H and O–H groups in total. The van der Waals surface area contributed by atoms with Gasteiger partial charge in [-0.3, -0.25) is 0 Å². The van der Waals surface area contributed by atoms with Gasteiger partial charge in [0.25, 0.3) is 0 Å². The van der Waals surface area contributed by atoms with Gasteiger partial charge in [-0.15, -0.1) is 11.3 Å². The monoisotopic (exact) mass is 214 g/mol. The Morgan fingerprint density at radius 3 is 2.86 bits per heavy atom. The first-order valence-electron chi connectivity index (χ1n) is 4.81. The predicted molar refractivity (Wildman–Crippen MR) is 59.4 cm³/mol. The average molecular weight is 214 g/mol. The highest BCUT2D eigenvalue weighted by Gasteiger charge is 2.15. The highest BCUT2D eigenvalue weighted by Crippen LogP contribution is 2.11. The summed E-state index contributed by atoms with van der Waals surface area (Å²) in [5, 5.41) is 3.05. The standard InChI is InChI=1S/C10H18N2OS/c1-4-10(3,11)7-13-5-9-12-8(2)6-14-9/h6H,4-5,7,11H2,1-3H3. The van der Waals surface area contributed by atoms with E-state index >= 15 is 0 Å². The highest BCUT2D eigenvalue weighted by atomic mass is 32.1. The molecule has 4 heteroatoms. The van der Waals surface area contributed by atoms with Crippen LogP contribution in [0.3, 0.4) is 0 Å². The van der Waals surface area contributed by atoms with E-state index in [1.807, 2.05) is 19.2 Å². The van der Waals surface area contributed by atoms with Gasteiger partial charge in [-0.1, -0.05) is 6.92 Å². The lowest BCUT2D eigenvalue weighted by Crippen LogP contribution is -2.40. The van der Waals surface area contributed by atoms with E-state index in [2.05, 4.69) is 11.9 Å². The number of thiazole rings is 1. The van der Waals surface area contributed by atoms with Crippen molar-refractivity contribution >= 4 is 11.3 Å². The molecule has 1 atom stereocenters. The number of hydrogen-bond acceptors (Lipinski definition) is 4. The zero-order chi connectivity index (χ0) is 10.6. The van der Waals surface area contributed by atoms with Crippen molar-refractivity contribution in [2.45, 2.75) is 39.3 Å². The molecular formula is C10H18N2OS. The topological polar surface area (TPSA) is 48.1 Å². The smallest absolute Gasteiger partial charge is 0.119 e. The van der Waals surface area contributed by atoms with Crippen LogP contribution in [-0.2, 0) is 11.3 Å². The number of nitrogens with zero attached hydrogens (tertiary/aromatic N) is 1. The number of aromatic nitrogens is 1. The largest absolute Gasteiger partial charge is 0.372 e. The summed E-state index contributed by atoms with van der Waals surface area (Å²) in [5.41, 5.74) is 6.78. The van der Waals surface area contributed by atoms with Gasteiger partial charge in [-0.2, -0.15) is 0 Å². The maximum Gasteiger partial charge on any atom is 0.119 e. The molecule has 0 radical (unpaired) electrons.